The fraction of sp³-hybridized carbons (Fsp3) is 0.474. The van der Waals surface area contributed by atoms with Crippen LogP contribution in [0.1, 0.15) is 25.0 Å². The first-order chi connectivity index (χ1) is 12.4. The van der Waals surface area contributed by atoms with Crippen molar-refractivity contribution in [1.82, 2.24) is 20.4 Å². The average Bonchev–Trinajstić information content (AvgIpc) is 3.05. The number of thioether (sulfide) groups is 1. The second kappa shape index (κ2) is 11.6. The molecule has 1 atom stereocenters. The van der Waals surface area contributed by atoms with Crippen LogP contribution in [-0.4, -0.2) is 46.2 Å². The van der Waals surface area contributed by atoms with Gasteiger partial charge < -0.3 is 15.7 Å². The van der Waals surface area contributed by atoms with Crippen LogP contribution in [0.15, 0.2) is 46.5 Å². The topological polar surface area (TPSA) is 74.5 Å². The molecule has 1 unspecified atom stereocenters. The Balaban J connectivity index is 0.00000364. The molecule has 0 aliphatic heterocycles. The Morgan fingerprint density at radius 3 is 2.59 bits per heavy atom. The van der Waals surface area contributed by atoms with E-state index >= 15 is 0 Å². The third-order valence-corrected chi connectivity index (χ3v) is 4.91. The van der Waals surface area contributed by atoms with Crippen LogP contribution < -0.4 is 10.6 Å². The minimum Gasteiger partial charge on any atom is -0.383 e. The molecular formula is C19H30IN5OS. The molecule has 0 radical (unpaired) electrons. The molecule has 6 nitrogen and oxygen atoms in total. The third kappa shape index (κ3) is 8.10. The maximum absolute atomic E-state index is 10.6. The fourth-order valence-corrected chi connectivity index (χ4v) is 3.11. The molecule has 0 fully saturated rings. The molecule has 0 aliphatic carbocycles. The van der Waals surface area contributed by atoms with Crippen LogP contribution in [0, 0.1) is 6.92 Å². The molecule has 1 aromatic heterocycles. The van der Waals surface area contributed by atoms with Gasteiger partial charge in [-0.05, 0) is 32.9 Å². The van der Waals surface area contributed by atoms with E-state index in [4.69, 9.17) is 0 Å². The van der Waals surface area contributed by atoms with Crippen molar-refractivity contribution in [2.24, 2.45) is 12.0 Å². The van der Waals surface area contributed by atoms with Gasteiger partial charge in [-0.3, -0.25) is 4.68 Å². The first-order valence-corrected chi connectivity index (χ1v) is 9.82. The number of halogens is 1. The molecule has 2 aromatic rings. The number of nitrogens with zero attached hydrogens (tertiary/aromatic N) is 3. The second-order valence-corrected chi connectivity index (χ2v) is 7.63. The number of hydrogen-bond donors (Lipinski definition) is 3. The Hall–Kier alpha value is -1.26. The highest BCUT2D eigenvalue weighted by molar-refractivity contribution is 14.0. The predicted molar refractivity (Wildman–Crippen MR) is 124 cm³/mol. The summed E-state index contributed by atoms with van der Waals surface area (Å²) in [7, 11) is 1.83. The maximum Gasteiger partial charge on any atom is 0.191 e. The van der Waals surface area contributed by atoms with Gasteiger partial charge in [-0.15, -0.1) is 35.7 Å². The summed E-state index contributed by atoms with van der Waals surface area (Å²) in [5.74, 6) is 1.65. The molecule has 27 heavy (non-hydrogen) atoms. The van der Waals surface area contributed by atoms with Gasteiger partial charge in [0.1, 0.15) is 5.60 Å². The quantitative estimate of drug-likeness (QED) is 0.170. The van der Waals surface area contributed by atoms with Gasteiger partial charge in [-0.2, -0.15) is 5.10 Å². The summed E-state index contributed by atoms with van der Waals surface area (Å²) in [4.78, 5) is 5.79. The van der Waals surface area contributed by atoms with Crippen LogP contribution in [0.5, 0.6) is 0 Å². The summed E-state index contributed by atoms with van der Waals surface area (Å²) in [5, 5.41) is 21.3. The van der Waals surface area contributed by atoms with Crippen LogP contribution in [0.3, 0.4) is 0 Å². The van der Waals surface area contributed by atoms with E-state index in [1.807, 2.05) is 20.2 Å². The van der Waals surface area contributed by atoms with Crippen LogP contribution in [0.2, 0.25) is 0 Å². The van der Waals surface area contributed by atoms with Gasteiger partial charge >= 0.3 is 0 Å². The molecule has 0 saturated heterocycles. The second-order valence-electron chi connectivity index (χ2n) is 6.46. The van der Waals surface area contributed by atoms with Gasteiger partial charge in [0.25, 0.3) is 0 Å². The summed E-state index contributed by atoms with van der Waals surface area (Å²) < 4.78 is 1.68. The van der Waals surface area contributed by atoms with Crippen LogP contribution in [0.25, 0.3) is 0 Å². The number of aromatic nitrogens is 2. The summed E-state index contributed by atoms with van der Waals surface area (Å²) in [6.45, 7) is 7.70. The zero-order valence-corrected chi connectivity index (χ0v) is 19.5. The van der Waals surface area contributed by atoms with Gasteiger partial charge in [-0.25, -0.2) is 4.99 Å². The van der Waals surface area contributed by atoms with Crippen LogP contribution >= 0.6 is 35.7 Å². The molecule has 0 aliphatic rings. The lowest BCUT2D eigenvalue weighted by Gasteiger charge is -2.20. The Bertz CT molecular complexity index is 715. The van der Waals surface area contributed by atoms with E-state index in [0.29, 0.717) is 5.96 Å². The minimum atomic E-state index is -1.05. The van der Waals surface area contributed by atoms with Gasteiger partial charge in [0.05, 0.1) is 12.7 Å². The number of aliphatic hydroxyl groups is 1. The Morgan fingerprint density at radius 2 is 2.00 bits per heavy atom. The van der Waals surface area contributed by atoms with Crippen molar-refractivity contribution < 1.29 is 5.11 Å². The number of hydrogen-bond acceptors (Lipinski definition) is 4. The molecule has 8 heteroatoms. The predicted octanol–water partition coefficient (Wildman–Crippen LogP) is 2.90. The van der Waals surface area contributed by atoms with Gasteiger partial charge in [0, 0.05) is 42.5 Å². The van der Waals surface area contributed by atoms with E-state index in [1.54, 1.807) is 29.6 Å². The molecule has 0 saturated carbocycles. The van der Waals surface area contributed by atoms with Crippen molar-refractivity contribution in [3.63, 3.8) is 0 Å². The van der Waals surface area contributed by atoms with Crippen LogP contribution in [-0.2, 0) is 12.6 Å². The normalized spacial score (nSPS) is 13.6. The fourth-order valence-electron chi connectivity index (χ4n) is 2.34. The number of aliphatic imine (C=N–C) groups is 1. The van der Waals surface area contributed by atoms with Gasteiger partial charge in [0.15, 0.2) is 5.96 Å². The summed E-state index contributed by atoms with van der Waals surface area (Å²) in [6.07, 6.45) is 3.49. The summed E-state index contributed by atoms with van der Waals surface area (Å²) in [6, 6.07) is 8.54. The maximum atomic E-state index is 10.6. The van der Waals surface area contributed by atoms with E-state index in [-0.39, 0.29) is 30.5 Å². The molecule has 2 rings (SSSR count). The van der Waals surface area contributed by atoms with E-state index in [1.165, 1.54) is 10.5 Å². The first-order valence-electron chi connectivity index (χ1n) is 8.84. The molecule has 150 valence electrons. The number of nitrogens with one attached hydrogen (secondary N) is 2. The highest BCUT2D eigenvalue weighted by Gasteiger charge is 2.24. The first kappa shape index (κ1) is 23.8. The molecule has 1 aromatic carbocycles. The smallest absolute Gasteiger partial charge is 0.191 e. The highest BCUT2D eigenvalue weighted by Crippen LogP contribution is 2.20. The van der Waals surface area contributed by atoms with E-state index in [9.17, 15) is 5.11 Å². The van der Waals surface area contributed by atoms with Crippen molar-refractivity contribution in [2.75, 3.05) is 25.4 Å². The molecular weight excluding hydrogens is 473 g/mol. The van der Waals surface area contributed by atoms with Crippen molar-refractivity contribution >= 4 is 41.7 Å². The summed E-state index contributed by atoms with van der Waals surface area (Å²) >= 11 is 1.81. The SMILES string of the molecule is CCNC(=NCC(C)(O)c1cnn(C)c1)NCCSc1ccc(C)cc1.I. The number of benzene rings is 1. The Morgan fingerprint density at radius 1 is 1.30 bits per heavy atom. The number of guanidine groups is 1. The zero-order valence-electron chi connectivity index (χ0n) is 16.4. The summed E-state index contributed by atoms with van der Waals surface area (Å²) in [5.41, 5.74) is 0.983. The Kier molecular flexibility index (Phi) is 10.2. The van der Waals surface area contributed by atoms with Gasteiger partial charge in [0.2, 0.25) is 0 Å². The Labute approximate surface area is 183 Å². The minimum absolute atomic E-state index is 0. The molecule has 3 N–H and O–H groups in total. The number of rotatable bonds is 8. The largest absolute Gasteiger partial charge is 0.383 e. The van der Waals surface area contributed by atoms with Crippen molar-refractivity contribution in [3.05, 3.63) is 47.8 Å². The standard InChI is InChI=1S/C19H29N5OS.HI/c1-5-20-18(21-10-11-26-17-8-6-15(2)7-9-17)22-14-19(3,25)16-12-23-24(4)13-16;/h6-9,12-13,25H,5,10-11,14H2,1-4H3,(H2,20,21,22);1H. The molecule has 0 amide bonds. The average molecular weight is 503 g/mol. The van der Waals surface area contributed by atoms with E-state index in [0.717, 1.165) is 24.4 Å². The lowest BCUT2D eigenvalue weighted by atomic mass is 10.0. The van der Waals surface area contributed by atoms with Crippen LogP contribution in [0.4, 0.5) is 0 Å². The third-order valence-electron chi connectivity index (χ3n) is 3.90. The van der Waals surface area contributed by atoms with Gasteiger partial charge in [-0.1, -0.05) is 17.7 Å². The molecule has 0 spiro atoms. The number of aryl methyl sites for hydroxylation is 2. The van der Waals surface area contributed by atoms with Crippen molar-refractivity contribution in [2.45, 2.75) is 31.3 Å². The lowest BCUT2D eigenvalue weighted by Crippen LogP contribution is -2.39. The highest BCUT2D eigenvalue weighted by atomic mass is 127. The van der Waals surface area contributed by atoms with E-state index in [2.05, 4.69) is 51.9 Å². The monoisotopic (exact) mass is 503 g/mol. The zero-order chi connectivity index (χ0) is 19.0. The van der Waals surface area contributed by atoms with Crippen molar-refractivity contribution in [1.29, 1.82) is 0 Å². The lowest BCUT2D eigenvalue weighted by molar-refractivity contribution is 0.0672. The molecule has 1 heterocycles. The van der Waals surface area contributed by atoms with E-state index < -0.39 is 5.60 Å². The van der Waals surface area contributed by atoms with Crippen molar-refractivity contribution in [3.8, 4) is 0 Å². The molecule has 0 bridgehead atoms.